The maximum absolute atomic E-state index is 11.7. The summed E-state index contributed by atoms with van der Waals surface area (Å²) in [4.78, 5) is 11.7. The lowest BCUT2D eigenvalue weighted by Gasteiger charge is -2.30. The highest BCUT2D eigenvalue weighted by atomic mass is 16.3. The first-order chi connectivity index (χ1) is 9.04. The van der Waals surface area contributed by atoms with Crippen LogP contribution in [0.1, 0.15) is 46.5 Å². The summed E-state index contributed by atoms with van der Waals surface area (Å²) >= 11 is 0. The molecule has 3 unspecified atom stereocenters. The van der Waals surface area contributed by atoms with E-state index in [2.05, 4.69) is 24.5 Å². The zero-order chi connectivity index (χ0) is 14.3. The van der Waals surface area contributed by atoms with Gasteiger partial charge in [-0.3, -0.25) is 4.79 Å². The molecule has 0 aromatic heterocycles. The highest BCUT2D eigenvalue weighted by Gasteiger charge is 2.24. The number of aliphatic hydroxyl groups excluding tert-OH is 1. The summed E-state index contributed by atoms with van der Waals surface area (Å²) in [7, 11) is 0. The Balaban J connectivity index is 2.20. The SMILES string of the molecule is CC(C)C(C)NC(=O)CNCC1CCCCC1CO. The minimum absolute atomic E-state index is 0.0672. The zero-order valence-electron chi connectivity index (χ0n) is 12.6. The maximum Gasteiger partial charge on any atom is 0.234 e. The van der Waals surface area contributed by atoms with Crippen molar-refractivity contribution in [3.63, 3.8) is 0 Å². The number of hydrogen-bond donors (Lipinski definition) is 3. The van der Waals surface area contributed by atoms with Crippen molar-refractivity contribution in [1.82, 2.24) is 10.6 Å². The second-order valence-corrected chi connectivity index (χ2v) is 6.22. The molecule has 4 nitrogen and oxygen atoms in total. The van der Waals surface area contributed by atoms with Gasteiger partial charge in [0.15, 0.2) is 0 Å². The van der Waals surface area contributed by atoms with Crippen LogP contribution in [0, 0.1) is 17.8 Å². The maximum atomic E-state index is 11.7. The molecule has 19 heavy (non-hydrogen) atoms. The molecule has 3 N–H and O–H groups in total. The molecule has 0 bridgehead atoms. The first kappa shape index (κ1) is 16.4. The van der Waals surface area contributed by atoms with E-state index in [4.69, 9.17) is 0 Å². The standard InChI is InChI=1S/C15H30N2O2/c1-11(2)12(3)17-15(19)9-16-8-13-6-4-5-7-14(13)10-18/h11-14,16,18H,4-10H2,1-3H3,(H,17,19). The lowest BCUT2D eigenvalue weighted by molar-refractivity contribution is -0.121. The topological polar surface area (TPSA) is 61.4 Å². The Morgan fingerprint density at radius 1 is 1.21 bits per heavy atom. The summed E-state index contributed by atoms with van der Waals surface area (Å²) in [6.07, 6.45) is 4.77. The van der Waals surface area contributed by atoms with E-state index in [1.54, 1.807) is 0 Å². The molecule has 1 aliphatic rings. The van der Waals surface area contributed by atoms with Crippen LogP contribution < -0.4 is 10.6 Å². The highest BCUT2D eigenvalue weighted by Crippen LogP contribution is 2.28. The Hall–Kier alpha value is -0.610. The van der Waals surface area contributed by atoms with Crippen LogP contribution in [0.3, 0.4) is 0 Å². The van der Waals surface area contributed by atoms with Gasteiger partial charge in [0.05, 0.1) is 6.54 Å². The van der Waals surface area contributed by atoms with E-state index >= 15 is 0 Å². The van der Waals surface area contributed by atoms with E-state index in [-0.39, 0.29) is 18.6 Å². The minimum atomic E-state index is 0.0672. The Bertz CT molecular complexity index is 269. The second-order valence-electron chi connectivity index (χ2n) is 6.22. The molecule has 0 aliphatic heterocycles. The van der Waals surface area contributed by atoms with Gasteiger partial charge in [0.25, 0.3) is 0 Å². The van der Waals surface area contributed by atoms with Gasteiger partial charge >= 0.3 is 0 Å². The average Bonchev–Trinajstić information content (AvgIpc) is 2.39. The van der Waals surface area contributed by atoms with E-state index in [0.717, 1.165) is 13.0 Å². The number of carbonyl (C=O) groups is 1. The third kappa shape index (κ3) is 5.91. The minimum Gasteiger partial charge on any atom is -0.396 e. The Labute approximate surface area is 117 Å². The van der Waals surface area contributed by atoms with Crippen LogP contribution in [0.25, 0.3) is 0 Å². The molecule has 1 saturated carbocycles. The molecule has 4 heteroatoms. The Morgan fingerprint density at radius 3 is 2.42 bits per heavy atom. The largest absolute Gasteiger partial charge is 0.396 e. The predicted octanol–water partition coefficient (Wildman–Crippen LogP) is 1.54. The zero-order valence-corrected chi connectivity index (χ0v) is 12.6. The Kier molecular flexibility index (Phi) is 7.39. The van der Waals surface area contributed by atoms with Crippen LogP contribution >= 0.6 is 0 Å². The quantitative estimate of drug-likeness (QED) is 0.657. The van der Waals surface area contributed by atoms with Gasteiger partial charge in [-0.2, -0.15) is 0 Å². The molecular formula is C15H30N2O2. The van der Waals surface area contributed by atoms with Crippen molar-refractivity contribution >= 4 is 5.91 Å². The van der Waals surface area contributed by atoms with Crippen LogP contribution in [-0.4, -0.2) is 36.8 Å². The van der Waals surface area contributed by atoms with E-state index < -0.39 is 0 Å². The van der Waals surface area contributed by atoms with Crippen LogP contribution in [-0.2, 0) is 4.79 Å². The van der Waals surface area contributed by atoms with Crippen molar-refractivity contribution in [3.05, 3.63) is 0 Å². The summed E-state index contributed by atoms with van der Waals surface area (Å²) in [5.41, 5.74) is 0. The van der Waals surface area contributed by atoms with Gasteiger partial charge in [-0.15, -0.1) is 0 Å². The fourth-order valence-electron chi connectivity index (χ4n) is 2.64. The fourth-order valence-corrected chi connectivity index (χ4v) is 2.64. The highest BCUT2D eigenvalue weighted by molar-refractivity contribution is 5.78. The van der Waals surface area contributed by atoms with Gasteiger partial charge < -0.3 is 15.7 Å². The second kappa shape index (κ2) is 8.54. The van der Waals surface area contributed by atoms with Crippen molar-refractivity contribution in [1.29, 1.82) is 0 Å². The molecule has 1 fully saturated rings. The van der Waals surface area contributed by atoms with Crippen molar-refractivity contribution in [3.8, 4) is 0 Å². The van der Waals surface area contributed by atoms with Crippen LogP contribution in [0.5, 0.6) is 0 Å². The number of amides is 1. The molecule has 0 aromatic carbocycles. The molecule has 3 atom stereocenters. The molecule has 0 saturated heterocycles. The summed E-state index contributed by atoms with van der Waals surface area (Å²) in [5.74, 6) is 1.46. The van der Waals surface area contributed by atoms with E-state index in [1.807, 2.05) is 6.92 Å². The molecule has 112 valence electrons. The number of aliphatic hydroxyl groups is 1. The number of nitrogens with one attached hydrogen (secondary N) is 2. The molecule has 0 spiro atoms. The van der Waals surface area contributed by atoms with Crippen LogP contribution in [0.15, 0.2) is 0 Å². The molecule has 1 aliphatic carbocycles. The molecule has 0 radical (unpaired) electrons. The van der Waals surface area contributed by atoms with Crippen molar-refractivity contribution in [2.24, 2.45) is 17.8 Å². The van der Waals surface area contributed by atoms with Gasteiger partial charge in [0.2, 0.25) is 5.91 Å². The third-order valence-corrected chi connectivity index (χ3v) is 4.38. The fraction of sp³-hybridized carbons (Fsp3) is 0.933. The average molecular weight is 270 g/mol. The first-order valence-electron chi connectivity index (χ1n) is 7.65. The lowest BCUT2D eigenvalue weighted by atomic mass is 9.79. The monoisotopic (exact) mass is 270 g/mol. The van der Waals surface area contributed by atoms with Crippen LogP contribution in [0.2, 0.25) is 0 Å². The van der Waals surface area contributed by atoms with Gasteiger partial charge in [-0.05, 0) is 44.1 Å². The first-order valence-corrected chi connectivity index (χ1v) is 7.65. The van der Waals surface area contributed by atoms with Gasteiger partial charge in [-0.25, -0.2) is 0 Å². The van der Waals surface area contributed by atoms with Crippen molar-refractivity contribution in [2.45, 2.75) is 52.5 Å². The number of rotatable bonds is 7. The molecule has 1 rings (SSSR count). The van der Waals surface area contributed by atoms with E-state index in [1.165, 1.54) is 19.3 Å². The smallest absolute Gasteiger partial charge is 0.234 e. The third-order valence-electron chi connectivity index (χ3n) is 4.38. The van der Waals surface area contributed by atoms with E-state index in [9.17, 15) is 9.90 Å². The van der Waals surface area contributed by atoms with Crippen molar-refractivity contribution in [2.75, 3.05) is 19.7 Å². The lowest BCUT2D eigenvalue weighted by Crippen LogP contribution is -2.43. The Morgan fingerprint density at radius 2 is 1.84 bits per heavy atom. The van der Waals surface area contributed by atoms with Crippen molar-refractivity contribution < 1.29 is 9.90 Å². The molecule has 0 aromatic rings. The molecule has 0 heterocycles. The predicted molar refractivity (Wildman–Crippen MR) is 77.8 cm³/mol. The molecule has 1 amide bonds. The summed E-state index contributed by atoms with van der Waals surface area (Å²) in [5, 5.41) is 15.6. The van der Waals surface area contributed by atoms with Gasteiger partial charge in [0.1, 0.15) is 0 Å². The number of carbonyl (C=O) groups excluding carboxylic acids is 1. The number of hydrogen-bond acceptors (Lipinski definition) is 3. The van der Waals surface area contributed by atoms with Gasteiger partial charge in [0, 0.05) is 12.6 Å². The van der Waals surface area contributed by atoms with Crippen LogP contribution in [0.4, 0.5) is 0 Å². The summed E-state index contributed by atoms with van der Waals surface area (Å²) < 4.78 is 0. The normalized spacial score (nSPS) is 25.3. The molecular weight excluding hydrogens is 240 g/mol. The van der Waals surface area contributed by atoms with E-state index in [0.29, 0.717) is 24.3 Å². The summed E-state index contributed by atoms with van der Waals surface area (Å²) in [6.45, 7) is 7.74. The summed E-state index contributed by atoms with van der Waals surface area (Å²) in [6, 6.07) is 0.217. The van der Waals surface area contributed by atoms with Gasteiger partial charge in [-0.1, -0.05) is 26.7 Å².